The van der Waals surface area contributed by atoms with E-state index in [0.29, 0.717) is 6.42 Å². The van der Waals surface area contributed by atoms with E-state index in [1.54, 1.807) is 6.08 Å². The monoisotopic (exact) mass is 1000 g/mol. The van der Waals surface area contributed by atoms with E-state index in [-0.39, 0.29) is 12.5 Å². The van der Waals surface area contributed by atoms with E-state index in [4.69, 9.17) is 9.47 Å². The van der Waals surface area contributed by atoms with Crippen molar-refractivity contribution in [3.8, 4) is 0 Å². The van der Waals surface area contributed by atoms with Crippen molar-refractivity contribution in [3.63, 3.8) is 0 Å². The molecule has 1 saturated heterocycles. The minimum atomic E-state index is -1.57. The number of nitrogens with one attached hydrogen (secondary N) is 1. The maximum Gasteiger partial charge on any atom is 0.220 e. The van der Waals surface area contributed by atoms with Gasteiger partial charge in [-0.05, 0) is 51.4 Å². The minimum absolute atomic E-state index is 0.178. The van der Waals surface area contributed by atoms with E-state index in [1.165, 1.54) is 231 Å². The second-order valence-corrected chi connectivity index (χ2v) is 21.5. The number of amides is 1. The van der Waals surface area contributed by atoms with Crippen LogP contribution in [-0.4, -0.2) is 87.5 Å². The Labute approximate surface area is 438 Å². The predicted octanol–water partition coefficient (Wildman–Crippen LogP) is 15.5. The van der Waals surface area contributed by atoms with E-state index in [0.717, 1.165) is 44.9 Å². The molecule has 9 nitrogen and oxygen atoms in total. The Balaban J connectivity index is 2.18. The van der Waals surface area contributed by atoms with Crippen LogP contribution in [0.3, 0.4) is 0 Å². The highest BCUT2D eigenvalue weighted by Crippen LogP contribution is 2.23. The summed E-state index contributed by atoms with van der Waals surface area (Å²) in [7, 11) is 0. The lowest BCUT2D eigenvalue weighted by atomic mass is 9.99. The molecule has 418 valence electrons. The molecule has 0 bridgehead atoms. The van der Waals surface area contributed by atoms with Crippen molar-refractivity contribution < 1.29 is 39.8 Å². The normalized spacial score (nSPS) is 19.5. The molecule has 1 aliphatic heterocycles. The number of carbonyl (C=O) groups is 1. The molecule has 0 aliphatic carbocycles. The van der Waals surface area contributed by atoms with Crippen LogP contribution in [-0.2, 0) is 14.3 Å². The van der Waals surface area contributed by atoms with Crippen molar-refractivity contribution in [2.45, 2.75) is 339 Å². The Kier molecular flexibility index (Phi) is 49.3. The highest BCUT2D eigenvalue weighted by Gasteiger charge is 2.44. The van der Waals surface area contributed by atoms with Gasteiger partial charge in [-0.3, -0.25) is 4.79 Å². The smallest absolute Gasteiger partial charge is 0.220 e. The summed E-state index contributed by atoms with van der Waals surface area (Å²) in [5.41, 5.74) is 0. The molecular weight excluding hydrogens is 887 g/mol. The zero-order valence-corrected chi connectivity index (χ0v) is 46.5. The average molecular weight is 1000 g/mol. The molecule has 9 heteroatoms. The molecule has 1 rings (SSSR count). The number of aliphatic hydroxyl groups excluding tert-OH is 5. The number of rotatable bonds is 53. The summed E-state index contributed by atoms with van der Waals surface area (Å²) in [5, 5.41) is 54.6. The fraction of sp³-hybridized carbons (Fsp3) is 0.887. The summed E-state index contributed by atoms with van der Waals surface area (Å²) >= 11 is 0. The van der Waals surface area contributed by atoms with Crippen molar-refractivity contribution in [2.75, 3.05) is 13.2 Å². The third kappa shape index (κ3) is 41.4. The number of unbranched alkanes of at least 4 members (excludes halogenated alkanes) is 39. The highest BCUT2D eigenvalue weighted by molar-refractivity contribution is 5.76. The molecule has 0 aromatic carbocycles. The quantitative estimate of drug-likeness (QED) is 0.0261. The van der Waals surface area contributed by atoms with E-state index in [1.807, 2.05) is 6.08 Å². The molecule has 1 amide bonds. The largest absolute Gasteiger partial charge is 0.394 e. The molecule has 7 atom stereocenters. The number of hydrogen-bond donors (Lipinski definition) is 6. The second-order valence-electron chi connectivity index (χ2n) is 21.5. The van der Waals surface area contributed by atoms with Crippen LogP contribution in [0.1, 0.15) is 296 Å². The molecule has 1 heterocycles. The molecule has 7 unspecified atom stereocenters. The molecule has 0 aromatic heterocycles. The maximum absolute atomic E-state index is 13.1. The van der Waals surface area contributed by atoms with Gasteiger partial charge in [0.05, 0.1) is 25.4 Å². The van der Waals surface area contributed by atoms with Gasteiger partial charge >= 0.3 is 0 Å². The third-order valence-electron chi connectivity index (χ3n) is 14.7. The number of aliphatic hydroxyl groups is 5. The summed E-state index contributed by atoms with van der Waals surface area (Å²) < 4.78 is 11.3. The molecule has 1 fully saturated rings. The van der Waals surface area contributed by atoms with Crippen LogP contribution in [0, 0.1) is 0 Å². The topological polar surface area (TPSA) is 149 Å². The summed E-state index contributed by atoms with van der Waals surface area (Å²) in [6.45, 7) is 3.79. The average Bonchev–Trinajstić information content (AvgIpc) is 3.37. The van der Waals surface area contributed by atoms with Gasteiger partial charge in [0.2, 0.25) is 5.91 Å². The van der Waals surface area contributed by atoms with Gasteiger partial charge < -0.3 is 40.3 Å². The van der Waals surface area contributed by atoms with Gasteiger partial charge in [-0.2, -0.15) is 0 Å². The fourth-order valence-corrected chi connectivity index (χ4v) is 9.84. The summed E-state index contributed by atoms with van der Waals surface area (Å²) in [5.74, 6) is -0.178. The highest BCUT2D eigenvalue weighted by atomic mass is 16.7. The summed E-state index contributed by atoms with van der Waals surface area (Å²) in [6.07, 6.45) is 60.8. The van der Waals surface area contributed by atoms with Crippen LogP contribution >= 0.6 is 0 Å². The van der Waals surface area contributed by atoms with Crippen LogP contribution in [0.5, 0.6) is 0 Å². The first-order chi connectivity index (χ1) is 34.8. The maximum atomic E-state index is 13.1. The lowest BCUT2D eigenvalue weighted by molar-refractivity contribution is -0.302. The van der Waals surface area contributed by atoms with Gasteiger partial charge in [-0.1, -0.05) is 275 Å². The van der Waals surface area contributed by atoms with Crippen LogP contribution in [0.4, 0.5) is 0 Å². The molecule has 0 radical (unpaired) electrons. The Bertz CT molecular complexity index is 1210. The van der Waals surface area contributed by atoms with E-state index < -0.39 is 49.5 Å². The number of hydrogen-bond acceptors (Lipinski definition) is 8. The Morgan fingerprint density at radius 3 is 1.24 bits per heavy atom. The standard InChI is InChI=1S/C62H117NO8/c1-3-5-7-9-11-13-15-17-19-21-23-24-25-26-27-28-29-30-31-32-34-35-37-39-41-43-45-47-49-51-56(65)55(54-70-62-61(69)60(68)59(67)57(53-64)71-62)63-58(66)52-50-48-46-44-42-40-38-36-33-22-20-18-16-14-12-10-8-6-4-2/h12,14,18,20,49,51,55-57,59-62,64-65,67-69H,3-11,13,15-17,19,21-48,50,52-54H2,1-2H3,(H,63,66)/b14-12-,20-18-,51-49+. The number of allylic oxidation sites excluding steroid dienone is 5. The SMILES string of the molecule is CCCCC/C=C\C/C=C\CCCCCCCCCCCC(=O)NC(COC1OC(CO)C(O)C(O)C1O)C(O)/C=C/CCCCCCCCCCCCCCCCCCCCCCCCCCCCC. The molecule has 0 saturated carbocycles. The first kappa shape index (κ1) is 67.4. The van der Waals surface area contributed by atoms with Gasteiger partial charge in [0.1, 0.15) is 24.4 Å². The predicted molar refractivity (Wildman–Crippen MR) is 300 cm³/mol. The van der Waals surface area contributed by atoms with E-state index >= 15 is 0 Å². The number of ether oxygens (including phenoxy) is 2. The molecule has 6 N–H and O–H groups in total. The van der Waals surface area contributed by atoms with Crippen molar-refractivity contribution in [1.82, 2.24) is 5.32 Å². The Morgan fingerprint density at radius 1 is 0.479 bits per heavy atom. The van der Waals surface area contributed by atoms with Gasteiger partial charge in [0, 0.05) is 6.42 Å². The van der Waals surface area contributed by atoms with Gasteiger partial charge in [-0.25, -0.2) is 0 Å². The molecule has 71 heavy (non-hydrogen) atoms. The summed E-state index contributed by atoms with van der Waals surface area (Å²) in [4.78, 5) is 13.1. The fourth-order valence-electron chi connectivity index (χ4n) is 9.84. The lowest BCUT2D eigenvalue weighted by Gasteiger charge is -2.40. The second kappa shape index (κ2) is 51.9. The Morgan fingerprint density at radius 2 is 0.831 bits per heavy atom. The summed E-state index contributed by atoms with van der Waals surface area (Å²) in [6, 6.07) is -0.808. The molecule has 1 aliphatic rings. The lowest BCUT2D eigenvalue weighted by Crippen LogP contribution is -2.60. The van der Waals surface area contributed by atoms with E-state index in [2.05, 4.69) is 43.5 Å². The number of carbonyl (C=O) groups excluding carboxylic acids is 1. The third-order valence-corrected chi connectivity index (χ3v) is 14.7. The van der Waals surface area contributed by atoms with Crippen molar-refractivity contribution in [3.05, 3.63) is 36.5 Å². The van der Waals surface area contributed by atoms with Crippen LogP contribution in [0.15, 0.2) is 36.5 Å². The van der Waals surface area contributed by atoms with Crippen molar-refractivity contribution in [2.24, 2.45) is 0 Å². The van der Waals surface area contributed by atoms with Crippen LogP contribution < -0.4 is 5.32 Å². The van der Waals surface area contributed by atoms with Crippen LogP contribution in [0.2, 0.25) is 0 Å². The van der Waals surface area contributed by atoms with Crippen molar-refractivity contribution >= 4 is 5.91 Å². The minimum Gasteiger partial charge on any atom is -0.394 e. The van der Waals surface area contributed by atoms with Gasteiger partial charge in [0.25, 0.3) is 0 Å². The Hall–Kier alpha value is -1.59. The zero-order valence-electron chi connectivity index (χ0n) is 46.5. The van der Waals surface area contributed by atoms with Gasteiger partial charge in [0.15, 0.2) is 6.29 Å². The zero-order chi connectivity index (χ0) is 51.5. The van der Waals surface area contributed by atoms with E-state index in [9.17, 15) is 30.3 Å². The van der Waals surface area contributed by atoms with Crippen LogP contribution in [0.25, 0.3) is 0 Å². The first-order valence-corrected chi connectivity index (χ1v) is 30.7. The van der Waals surface area contributed by atoms with Gasteiger partial charge in [-0.15, -0.1) is 0 Å². The molecule has 0 spiro atoms. The molecule has 0 aromatic rings. The molecular formula is C62H117NO8. The van der Waals surface area contributed by atoms with Crippen molar-refractivity contribution in [1.29, 1.82) is 0 Å². The first-order valence-electron chi connectivity index (χ1n) is 30.7.